The van der Waals surface area contributed by atoms with Crippen molar-refractivity contribution in [2.75, 3.05) is 24.5 Å². The van der Waals surface area contributed by atoms with E-state index in [9.17, 15) is 14.0 Å². The van der Waals surface area contributed by atoms with Gasteiger partial charge in [-0.15, -0.1) is 5.10 Å². The standard InChI is InChI=1S/C20H25FN6O4/c1-2-12-3-4-14(21)9-15(12)19(30)13-5-7-26(8-6-13)17-10-16(31-25-17)20(22)24-27(23)11-18(28)29/h3-4,9-10,13H,2,5-8,11,23H2,1H3,(H2,22,24)(H,28,29). The van der Waals surface area contributed by atoms with Crippen LogP contribution in [-0.4, -0.2) is 52.6 Å². The van der Waals surface area contributed by atoms with Gasteiger partial charge in [-0.05, 0) is 37.0 Å². The van der Waals surface area contributed by atoms with Crippen molar-refractivity contribution in [2.45, 2.75) is 26.2 Å². The van der Waals surface area contributed by atoms with Crippen LogP contribution in [0.3, 0.4) is 0 Å². The van der Waals surface area contributed by atoms with E-state index in [1.54, 1.807) is 12.1 Å². The van der Waals surface area contributed by atoms with Gasteiger partial charge in [0.05, 0.1) is 0 Å². The molecule has 2 aromatic rings. The molecule has 11 heteroatoms. The molecule has 0 bridgehead atoms. The third-order valence-electron chi connectivity index (χ3n) is 5.19. The Bertz CT molecular complexity index is 984. The van der Waals surface area contributed by atoms with Gasteiger partial charge in [0, 0.05) is 30.6 Å². The van der Waals surface area contributed by atoms with Gasteiger partial charge in [0.25, 0.3) is 0 Å². The van der Waals surface area contributed by atoms with Crippen LogP contribution in [0.1, 0.15) is 41.4 Å². The van der Waals surface area contributed by atoms with Crippen molar-refractivity contribution in [2.24, 2.45) is 22.6 Å². The summed E-state index contributed by atoms with van der Waals surface area (Å²) in [7, 11) is 0. The first kappa shape index (κ1) is 22.2. The monoisotopic (exact) mass is 432 g/mol. The Balaban J connectivity index is 1.63. The van der Waals surface area contributed by atoms with E-state index in [1.165, 1.54) is 12.1 Å². The Labute approximate surface area is 178 Å². The van der Waals surface area contributed by atoms with Crippen LogP contribution in [0.2, 0.25) is 0 Å². The maximum Gasteiger partial charge on any atom is 0.326 e. The van der Waals surface area contributed by atoms with Gasteiger partial charge in [-0.3, -0.25) is 9.59 Å². The summed E-state index contributed by atoms with van der Waals surface area (Å²) < 4.78 is 18.9. The Hall–Kier alpha value is -3.47. The van der Waals surface area contributed by atoms with E-state index in [1.807, 2.05) is 11.8 Å². The van der Waals surface area contributed by atoms with Crippen molar-refractivity contribution in [3.8, 4) is 0 Å². The van der Waals surface area contributed by atoms with Crippen molar-refractivity contribution in [3.63, 3.8) is 0 Å². The Morgan fingerprint density at radius 1 is 1.35 bits per heavy atom. The van der Waals surface area contributed by atoms with Crippen LogP contribution < -0.4 is 16.5 Å². The minimum Gasteiger partial charge on any atom is -0.480 e. The van der Waals surface area contributed by atoms with Crippen molar-refractivity contribution in [1.29, 1.82) is 0 Å². The van der Waals surface area contributed by atoms with Gasteiger partial charge < -0.3 is 20.3 Å². The number of hydrogen-bond donors (Lipinski definition) is 3. The van der Waals surface area contributed by atoms with Crippen molar-refractivity contribution in [3.05, 3.63) is 47.0 Å². The first-order chi connectivity index (χ1) is 14.8. The second-order valence-corrected chi connectivity index (χ2v) is 7.31. The fraction of sp³-hybridized carbons (Fsp3) is 0.400. The lowest BCUT2D eigenvalue weighted by molar-refractivity contribution is -0.138. The molecule has 2 heterocycles. The molecule has 166 valence electrons. The molecule has 10 nitrogen and oxygen atoms in total. The van der Waals surface area contributed by atoms with Crippen molar-refractivity contribution >= 4 is 23.4 Å². The van der Waals surface area contributed by atoms with Gasteiger partial charge >= 0.3 is 5.97 Å². The number of piperidine rings is 1. The number of aryl methyl sites for hydroxylation is 1. The number of carbonyl (C=O) groups is 2. The van der Waals surface area contributed by atoms with Crippen LogP contribution in [-0.2, 0) is 11.2 Å². The summed E-state index contributed by atoms with van der Waals surface area (Å²) in [5.74, 6) is 4.23. The SMILES string of the molecule is CCc1ccc(F)cc1C(=O)C1CCN(c2cc(/C(N)=N/N(N)CC(=O)O)on2)CC1. The number of carboxylic acids is 1. The van der Waals surface area contributed by atoms with Gasteiger partial charge in [0.15, 0.2) is 24.0 Å². The minimum atomic E-state index is -1.15. The van der Waals surface area contributed by atoms with Gasteiger partial charge in [0.1, 0.15) is 5.82 Å². The fourth-order valence-electron chi connectivity index (χ4n) is 3.57. The number of ketones is 1. The van der Waals surface area contributed by atoms with Crippen molar-refractivity contribution in [1.82, 2.24) is 10.3 Å². The lowest BCUT2D eigenvalue weighted by Gasteiger charge is -2.31. The molecule has 1 aliphatic heterocycles. The van der Waals surface area contributed by atoms with E-state index < -0.39 is 18.3 Å². The number of amidine groups is 1. The van der Waals surface area contributed by atoms with Crippen LogP contribution in [0.15, 0.2) is 33.9 Å². The Morgan fingerprint density at radius 2 is 2.06 bits per heavy atom. The molecule has 0 amide bonds. The zero-order valence-electron chi connectivity index (χ0n) is 17.1. The number of aliphatic carboxylic acids is 1. The minimum absolute atomic E-state index is 0.0327. The van der Waals surface area contributed by atoms with E-state index in [-0.39, 0.29) is 23.3 Å². The van der Waals surface area contributed by atoms with Gasteiger partial charge in [-0.1, -0.05) is 18.1 Å². The molecule has 5 N–H and O–H groups in total. The molecule has 1 fully saturated rings. The zero-order chi connectivity index (χ0) is 22.5. The normalized spacial score (nSPS) is 15.2. The Morgan fingerprint density at radius 3 is 2.71 bits per heavy atom. The van der Waals surface area contributed by atoms with Crippen LogP contribution in [0.4, 0.5) is 10.2 Å². The molecule has 0 saturated carbocycles. The number of rotatable bonds is 8. The smallest absolute Gasteiger partial charge is 0.326 e. The fourth-order valence-corrected chi connectivity index (χ4v) is 3.57. The summed E-state index contributed by atoms with van der Waals surface area (Å²) in [6, 6.07) is 5.95. The maximum atomic E-state index is 13.7. The number of nitrogens with two attached hydrogens (primary N) is 2. The molecule has 1 aromatic heterocycles. The van der Waals surface area contributed by atoms with E-state index >= 15 is 0 Å². The van der Waals surface area contributed by atoms with Crippen molar-refractivity contribution < 1.29 is 23.6 Å². The van der Waals surface area contributed by atoms with Gasteiger partial charge in [0.2, 0.25) is 5.76 Å². The highest BCUT2D eigenvalue weighted by Gasteiger charge is 2.28. The lowest BCUT2D eigenvalue weighted by atomic mass is 9.86. The molecule has 0 aliphatic carbocycles. The number of carbonyl (C=O) groups excluding carboxylic acids is 1. The molecule has 1 saturated heterocycles. The number of hydrazone groups is 1. The topological polar surface area (TPSA) is 151 Å². The van der Waals surface area contributed by atoms with Gasteiger partial charge in [-0.25, -0.2) is 15.4 Å². The largest absolute Gasteiger partial charge is 0.480 e. The van der Waals surface area contributed by atoms with Crippen LogP contribution in [0.5, 0.6) is 0 Å². The van der Waals surface area contributed by atoms with E-state index in [4.69, 9.17) is 21.2 Å². The molecule has 0 unspecified atom stereocenters. The summed E-state index contributed by atoms with van der Waals surface area (Å²) in [6.07, 6.45) is 1.86. The number of anilines is 1. The molecule has 3 rings (SSSR count). The first-order valence-corrected chi connectivity index (χ1v) is 9.91. The van der Waals surface area contributed by atoms with Gasteiger partial charge in [-0.2, -0.15) is 0 Å². The summed E-state index contributed by atoms with van der Waals surface area (Å²) in [5.41, 5.74) is 7.10. The number of carboxylic acid groups (broad SMARTS) is 1. The highest BCUT2D eigenvalue weighted by atomic mass is 19.1. The third-order valence-corrected chi connectivity index (χ3v) is 5.19. The average molecular weight is 432 g/mol. The second kappa shape index (κ2) is 9.56. The van der Waals surface area contributed by atoms with E-state index in [0.29, 0.717) is 48.9 Å². The number of hydrogen-bond acceptors (Lipinski definition) is 8. The Kier molecular flexibility index (Phi) is 6.85. The lowest BCUT2D eigenvalue weighted by Crippen LogP contribution is -2.36. The van der Waals surface area contributed by atoms with Crippen LogP contribution >= 0.6 is 0 Å². The number of halogens is 1. The highest BCUT2D eigenvalue weighted by molar-refractivity contribution is 5.99. The zero-order valence-corrected chi connectivity index (χ0v) is 17.1. The summed E-state index contributed by atoms with van der Waals surface area (Å²) in [6.45, 7) is 2.56. The number of aromatic nitrogens is 1. The summed E-state index contributed by atoms with van der Waals surface area (Å²) >= 11 is 0. The molecule has 1 aromatic carbocycles. The number of Topliss-reactive ketones (excluding diaryl/α,β-unsaturated/α-hetero) is 1. The highest BCUT2D eigenvalue weighted by Crippen LogP contribution is 2.27. The van der Waals surface area contributed by atoms with Crippen LogP contribution in [0, 0.1) is 11.7 Å². The molecule has 0 atom stereocenters. The molecule has 1 aliphatic rings. The third kappa shape index (κ3) is 5.37. The van der Waals surface area contributed by atoms with E-state index in [0.717, 1.165) is 5.56 Å². The molecule has 31 heavy (non-hydrogen) atoms. The predicted molar refractivity (Wildman–Crippen MR) is 111 cm³/mol. The summed E-state index contributed by atoms with van der Waals surface area (Å²) in [5, 5.41) is 17.1. The molecular formula is C20H25FN6O4. The average Bonchev–Trinajstić information content (AvgIpc) is 3.23. The number of benzene rings is 1. The van der Waals surface area contributed by atoms with Crippen LogP contribution in [0.25, 0.3) is 0 Å². The first-order valence-electron chi connectivity index (χ1n) is 9.91. The molecule has 0 radical (unpaired) electrons. The number of hydrazine groups is 1. The summed E-state index contributed by atoms with van der Waals surface area (Å²) in [4.78, 5) is 25.5. The molecular weight excluding hydrogens is 407 g/mol. The molecule has 0 spiro atoms. The van der Waals surface area contributed by atoms with E-state index in [2.05, 4.69) is 10.3 Å². The predicted octanol–water partition coefficient (Wildman–Crippen LogP) is 1.36. The number of nitrogens with zero attached hydrogens (tertiary/aromatic N) is 4. The quantitative estimate of drug-likeness (QED) is 0.185. The maximum absolute atomic E-state index is 13.7. The second-order valence-electron chi connectivity index (χ2n) is 7.31.